The summed E-state index contributed by atoms with van der Waals surface area (Å²) in [6.45, 7) is 2.28. The topological polar surface area (TPSA) is 80.3 Å². The molecule has 4 aromatic rings. The minimum absolute atomic E-state index is 0.227. The molecule has 3 heterocycles. The second-order valence-electron chi connectivity index (χ2n) is 9.36. The third-order valence-corrected chi connectivity index (χ3v) is 7.02. The number of nitrogen functional groups attached to an aromatic ring is 1. The molecule has 6 rings (SSSR count). The average molecular weight is 475 g/mol. The molecule has 1 aliphatic heterocycles. The Kier molecular flexibility index (Phi) is 4.77. The summed E-state index contributed by atoms with van der Waals surface area (Å²) in [5.41, 5.74) is 11.2. The standard InChI is InChI=1S/C26H24F2N6O/c1-14-7-19(34-12-22(32(2)26(34)35)15-8-16(27)10-17(28)9-15)5-6-20(14)21-11-33(18-3-4-18)25-23(21)24(29)30-13-31-25/h5-11,13,18,22H,3-4,12H2,1-2H3,(H2,29,30,31). The lowest BCUT2D eigenvalue weighted by atomic mass is 10.00. The second kappa shape index (κ2) is 7.76. The number of benzene rings is 2. The molecule has 2 aromatic heterocycles. The molecule has 35 heavy (non-hydrogen) atoms. The Morgan fingerprint density at radius 2 is 1.77 bits per heavy atom. The number of urea groups is 1. The van der Waals surface area contributed by atoms with E-state index in [1.165, 1.54) is 23.4 Å². The van der Waals surface area contributed by atoms with Crippen molar-refractivity contribution in [3.63, 3.8) is 0 Å². The van der Waals surface area contributed by atoms with Crippen LogP contribution in [0.1, 0.15) is 36.1 Å². The summed E-state index contributed by atoms with van der Waals surface area (Å²) in [6.07, 6.45) is 5.82. The minimum atomic E-state index is -0.659. The highest BCUT2D eigenvalue weighted by Crippen LogP contribution is 2.43. The van der Waals surface area contributed by atoms with E-state index in [1.54, 1.807) is 11.9 Å². The molecule has 9 heteroatoms. The van der Waals surface area contributed by atoms with Gasteiger partial charge in [0.25, 0.3) is 0 Å². The SMILES string of the molecule is Cc1cc(N2CC(c3cc(F)cc(F)c3)N(C)C2=O)ccc1-c1cn(C2CC2)c2ncnc(N)c12. The van der Waals surface area contributed by atoms with Crippen LogP contribution in [0.3, 0.4) is 0 Å². The van der Waals surface area contributed by atoms with E-state index in [2.05, 4.69) is 20.7 Å². The van der Waals surface area contributed by atoms with Gasteiger partial charge in [-0.25, -0.2) is 23.5 Å². The fourth-order valence-electron chi connectivity index (χ4n) is 5.07. The Morgan fingerprint density at radius 3 is 2.46 bits per heavy atom. The first kappa shape index (κ1) is 21.5. The van der Waals surface area contributed by atoms with E-state index in [1.807, 2.05) is 25.1 Å². The second-order valence-corrected chi connectivity index (χ2v) is 9.36. The van der Waals surface area contributed by atoms with E-state index >= 15 is 0 Å². The zero-order valence-electron chi connectivity index (χ0n) is 19.4. The van der Waals surface area contributed by atoms with Crippen molar-refractivity contribution in [1.82, 2.24) is 19.4 Å². The molecule has 2 N–H and O–H groups in total. The van der Waals surface area contributed by atoms with Gasteiger partial charge in [-0.05, 0) is 60.7 Å². The summed E-state index contributed by atoms with van der Waals surface area (Å²) in [7, 11) is 1.65. The predicted octanol–water partition coefficient (Wildman–Crippen LogP) is 5.22. The maximum Gasteiger partial charge on any atom is 0.324 e. The maximum atomic E-state index is 13.8. The van der Waals surface area contributed by atoms with Crippen molar-refractivity contribution in [1.29, 1.82) is 0 Å². The largest absolute Gasteiger partial charge is 0.383 e. The highest BCUT2D eigenvalue weighted by atomic mass is 19.1. The highest BCUT2D eigenvalue weighted by molar-refractivity contribution is 6.02. The Balaban J connectivity index is 1.36. The molecule has 1 unspecified atom stereocenters. The number of aryl methyl sites for hydroxylation is 1. The van der Waals surface area contributed by atoms with Crippen molar-refractivity contribution in [2.24, 2.45) is 0 Å². The van der Waals surface area contributed by atoms with Gasteiger partial charge in [-0.2, -0.15) is 0 Å². The zero-order valence-corrected chi connectivity index (χ0v) is 19.4. The molecule has 1 atom stereocenters. The van der Waals surface area contributed by atoms with E-state index in [9.17, 15) is 13.6 Å². The lowest BCUT2D eigenvalue weighted by Crippen LogP contribution is -2.29. The van der Waals surface area contributed by atoms with Crippen molar-refractivity contribution in [3.8, 4) is 11.1 Å². The van der Waals surface area contributed by atoms with Gasteiger partial charge in [0.1, 0.15) is 29.4 Å². The molecular formula is C26H24F2N6O. The average Bonchev–Trinajstić information content (AvgIpc) is 3.52. The first-order valence-electron chi connectivity index (χ1n) is 11.5. The van der Waals surface area contributed by atoms with Gasteiger partial charge in [-0.3, -0.25) is 4.90 Å². The van der Waals surface area contributed by atoms with Crippen LogP contribution in [0.4, 0.5) is 25.1 Å². The molecule has 2 amide bonds. The molecule has 2 aliphatic rings. The fourth-order valence-corrected chi connectivity index (χ4v) is 5.07. The summed E-state index contributed by atoms with van der Waals surface area (Å²) < 4.78 is 29.8. The molecule has 1 aliphatic carbocycles. The first-order valence-corrected chi connectivity index (χ1v) is 11.5. The Labute approximate surface area is 200 Å². The molecule has 2 aromatic carbocycles. The van der Waals surface area contributed by atoms with Crippen molar-refractivity contribution < 1.29 is 13.6 Å². The van der Waals surface area contributed by atoms with Crippen LogP contribution in [-0.2, 0) is 0 Å². The number of hydrogen-bond acceptors (Lipinski definition) is 4. The molecule has 1 saturated carbocycles. The summed E-state index contributed by atoms with van der Waals surface area (Å²) in [6, 6.07) is 8.95. The van der Waals surface area contributed by atoms with E-state index in [0.29, 0.717) is 24.0 Å². The van der Waals surface area contributed by atoms with Gasteiger partial charge in [0.05, 0.1) is 18.0 Å². The number of amides is 2. The normalized spacial score (nSPS) is 18.2. The molecule has 1 saturated heterocycles. The zero-order chi connectivity index (χ0) is 24.4. The summed E-state index contributed by atoms with van der Waals surface area (Å²) in [5, 5.41) is 0.834. The molecule has 0 bridgehead atoms. The van der Waals surface area contributed by atoms with E-state index in [0.717, 1.165) is 52.3 Å². The van der Waals surface area contributed by atoms with Crippen molar-refractivity contribution in [3.05, 3.63) is 71.7 Å². The first-order chi connectivity index (χ1) is 16.8. The number of anilines is 2. The van der Waals surface area contributed by atoms with Crippen LogP contribution >= 0.6 is 0 Å². The van der Waals surface area contributed by atoms with Gasteiger partial charge in [-0.1, -0.05) is 6.07 Å². The number of nitrogens with two attached hydrogens (primary N) is 1. The smallest absolute Gasteiger partial charge is 0.324 e. The fraction of sp³-hybridized carbons (Fsp3) is 0.269. The molecular weight excluding hydrogens is 450 g/mol. The number of carbonyl (C=O) groups is 1. The number of nitrogens with zero attached hydrogens (tertiary/aromatic N) is 5. The number of halogens is 2. The number of fused-ring (bicyclic) bond motifs is 1. The quantitative estimate of drug-likeness (QED) is 0.440. The van der Waals surface area contributed by atoms with Crippen LogP contribution in [0, 0.1) is 18.6 Å². The van der Waals surface area contributed by atoms with Gasteiger partial charge in [0.15, 0.2) is 0 Å². The van der Waals surface area contributed by atoms with E-state index < -0.39 is 17.7 Å². The molecule has 0 radical (unpaired) electrons. The minimum Gasteiger partial charge on any atom is -0.383 e. The summed E-state index contributed by atoms with van der Waals surface area (Å²) in [4.78, 5) is 24.9. The maximum absolute atomic E-state index is 13.8. The predicted molar refractivity (Wildman–Crippen MR) is 130 cm³/mol. The van der Waals surface area contributed by atoms with Gasteiger partial charge in [0.2, 0.25) is 0 Å². The Bertz CT molecular complexity index is 1470. The van der Waals surface area contributed by atoms with Gasteiger partial charge >= 0.3 is 6.03 Å². The molecule has 2 fully saturated rings. The number of carbonyl (C=O) groups excluding carboxylic acids is 1. The van der Waals surface area contributed by atoms with Crippen molar-refractivity contribution in [2.45, 2.75) is 31.8 Å². The lowest BCUT2D eigenvalue weighted by molar-refractivity contribution is 0.219. The van der Waals surface area contributed by atoms with Crippen LogP contribution < -0.4 is 10.6 Å². The van der Waals surface area contributed by atoms with Gasteiger partial charge in [-0.15, -0.1) is 0 Å². The monoisotopic (exact) mass is 474 g/mol. The molecule has 0 spiro atoms. The van der Waals surface area contributed by atoms with Gasteiger partial charge in [0, 0.05) is 36.6 Å². The van der Waals surface area contributed by atoms with Crippen LogP contribution in [0.5, 0.6) is 0 Å². The van der Waals surface area contributed by atoms with E-state index in [4.69, 9.17) is 5.73 Å². The van der Waals surface area contributed by atoms with Gasteiger partial charge < -0.3 is 15.2 Å². The van der Waals surface area contributed by atoms with Crippen LogP contribution in [0.25, 0.3) is 22.2 Å². The Hall–Kier alpha value is -4.01. The number of aromatic nitrogens is 3. The lowest BCUT2D eigenvalue weighted by Gasteiger charge is -2.18. The third-order valence-electron chi connectivity index (χ3n) is 7.02. The third kappa shape index (κ3) is 3.50. The van der Waals surface area contributed by atoms with Crippen LogP contribution in [0.15, 0.2) is 48.9 Å². The summed E-state index contributed by atoms with van der Waals surface area (Å²) in [5.74, 6) is -0.879. The number of hydrogen-bond donors (Lipinski definition) is 1. The van der Waals surface area contributed by atoms with Crippen LogP contribution in [-0.4, -0.2) is 39.1 Å². The molecule has 7 nitrogen and oxygen atoms in total. The summed E-state index contributed by atoms with van der Waals surface area (Å²) >= 11 is 0. The number of rotatable bonds is 4. The van der Waals surface area contributed by atoms with Crippen molar-refractivity contribution in [2.75, 3.05) is 24.2 Å². The molecule has 178 valence electrons. The van der Waals surface area contributed by atoms with Crippen LogP contribution in [0.2, 0.25) is 0 Å². The van der Waals surface area contributed by atoms with Crippen molar-refractivity contribution >= 4 is 28.6 Å². The highest BCUT2D eigenvalue weighted by Gasteiger charge is 2.37. The van der Waals surface area contributed by atoms with E-state index in [-0.39, 0.29) is 6.03 Å². The Morgan fingerprint density at radius 1 is 1.03 bits per heavy atom. The number of likely N-dealkylation sites (N-methyl/N-ethyl adjacent to an activating group) is 1.